The highest BCUT2D eigenvalue weighted by molar-refractivity contribution is 5.31. The minimum Gasteiger partial charge on any atom is -0.218 e. The van der Waals surface area contributed by atoms with Gasteiger partial charge in [0.15, 0.2) is 23.3 Å². The summed E-state index contributed by atoms with van der Waals surface area (Å²) < 4.78 is 138. The van der Waals surface area contributed by atoms with Gasteiger partial charge in [0.25, 0.3) is 0 Å². The summed E-state index contributed by atoms with van der Waals surface area (Å²) in [7, 11) is 0. The van der Waals surface area contributed by atoms with Gasteiger partial charge in [0.1, 0.15) is 0 Å². The normalized spacial score (nSPS) is 13.8. The monoisotopic (exact) mass is 317 g/mol. The quantitative estimate of drug-likeness (QED) is 0.534. The first-order valence-electron chi connectivity index (χ1n) is 4.33. The minimum atomic E-state index is -6.91. The molecule has 0 aliphatic carbocycles. The molecule has 0 saturated carbocycles. The average molecular weight is 317 g/mol. The van der Waals surface area contributed by atoms with Crippen LogP contribution in [0.5, 0.6) is 0 Å². The largest absolute Gasteiger partial charge is 0.436 e. The molecule has 0 aliphatic rings. The lowest BCUT2D eigenvalue weighted by atomic mass is 9.92. The summed E-state index contributed by atoms with van der Waals surface area (Å²) in [4.78, 5) is 0. The summed E-state index contributed by atoms with van der Waals surface area (Å²) in [5.41, 5.74) is -10.1. The fraction of sp³-hybridized carbons (Fsp3) is 0.333. The summed E-state index contributed by atoms with van der Waals surface area (Å²) in [5.74, 6) is -11.8. The summed E-state index contributed by atoms with van der Waals surface area (Å²) in [6.07, 6.45) is -13.8. The topological polar surface area (TPSA) is 0 Å². The van der Waals surface area contributed by atoms with Gasteiger partial charge in [-0.05, 0) is 0 Å². The number of halogens is 11. The molecule has 0 saturated heterocycles. The highest BCUT2D eigenvalue weighted by Gasteiger charge is 2.75. The number of hydrogen-bond donors (Lipinski definition) is 0. The first-order chi connectivity index (χ1) is 8.75. The Kier molecular flexibility index (Phi) is 3.70. The molecular weight excluding hydrogens is 317 g/mol. The van der Waals surface area contributed by atoms with Crippen LogP contribution in [0.15, 0.2) is 0 Å². The Bertz CT molecular complexity index is 484. The predicted molar refractivity (Wildman–Crippen MR) is 40.0 cm³/mol. The Morgan fingerprint density at radius 3 is 1.15 bits per heavy atom. The SMILES string of the molecule is Fc1[c]c(F)c(F)c(C(F)(C(F)(F)F)C(F)(F)F)c1F. The molecule has 0 spiro atoms. The first-order valence-corrected chi connectivity index (χ1v) is 4.33. The van der Waals surface area contributed by atoms with Crippen molar-refractivity contribution in [2.24, 2.45) is 0 Å². The van der Waals surface area contributed by atoms with Crippen molar-refractivity contribution >= 4 is 0 Å². The van der Waals surface area contributed by atoms with Crippen molar-refractivity contribution in [3.8, 4) is 0 Å². The second-order valence-electron chi connectivity index (χ2n) is 3.41. The molecule has 0 unspecified atom stereocenters. The molecule has 0 heterocycles. The van der Waals surface area contributed by atoms with Crippen molar-refractivity contribution in [1.82, 2.24) is 0 Å². The number of benzene rings is 1. The van der Waals surface area contributed by atoms with Gasteiger partial charge in [0, 0.05) is 0 Å². The second-order valence-corrected chi connectivity index (χ2v) is 3.41. The van der Waals surface area contributed by atoms with E-state index < -0.39 is 46.9 Å². The maximum absolute atomic E-state index is 13.3. The van der Waals surface area contributed by atoms with E-state index in [9.17, 15) is 48.3 Å². The lowest BCUT2D eigenvalue weighted by Crippen LogP contribution is -2.51. The van der Waals surface area contributed by atoms with Gasteiger partial charge < -0.3 is 0 Å². The molecule has 0 amide bonds. The molecule has 113 valence electrons. The molecule has 0 aliphatic heterocycles. The maximum atomic E-state index is 13.3. The molecule has 0 aromatic heterocycles. The highest BCUT2D eigenvalue weighted by Crippen LogP contribution is 2.54. The van der Waals surface area contributed by atoms with Gasteiger partial charge in [0.05, 0.1) is 11.6 Å². The van der Waals surface area contributed by atoms with E-state index in [2.05, 4.69) is 0 Å². The van der Waals surface area contributed by atoms with E-state index >= 15 is 0 Å². The molecule has 1 radical (unpaired) electrons. The smallest absolute Gasteiger partial charge is 0.218 e. The molecule has 1 rings (SSSR count). The molecule has 0 atom stereocenters. The number of hydrogen-bond acceptors (Lipinski definition) is 0. The van der Waals surface area contributed by atoms with Gasteiger partial charge in [0.2, 0.25) is 0 Å². The van der Waals surface area contributed by atoms with Crippen LogP contribution in [0.1, 0.15) is 5.56 Å². The molecule has 20 heavy (non-hydrogen) atoms. The van der Waals surface area contributed by atoms with Crippen molar-refractivity contribution in [2.75, 3.05) is 0 Å². The van der Waals surface area contributed by atoms with Gasteiger partial charge in [-0.15, -0.1) is 0 Å². The van der Waals surface area contributed by atoms with E-state index in [4.69, 9.17) is 0 Å². The van der Waals surface area contributed by atoms with Gasteiger partial charge >= 0.3 is 18.0 Å². The Morgan fingerprint density at radius 1 is 0.600 bits per heavy atom. The zero-order valence-corrected chi connectivity index (χ0v) is 8.66. The average Bonchev–Trinajstić information content (AvgIpc) is 2.23. The van der Waals surface area contributed by atoms with Gasteiger partial charge in [-0.3, -0.25) is 0 Å². The Balaban J connectivity index is 3.87. The van der Waals surface area contributed by atoms with Crippen molar-refractivity contribution in [3.05, 3.63) is 34.9 Å². The molecule has 1 aromatic rings. The van der Waals surface area contributed by atoms with Crippen LogP contribution in [0, 0.1) is 29.3 Å². The van der Waals surface area contributed by atoms with Crippen molar-refractivity contribution in [3.63, 3.8) is 0 Å². The van der Waals surface area contributed by atoms with E-state index in [1.807, 2.05) is 0 Å². The predicted octanol–water partition coefficient (Wildman–Crippen LogP) is 4.33. The van der Waals surface area contributed by atoms with Crippen LogP contribution in [0.25, 0.3) is 0 Å². The third-order valence-corrected chi connectivity index (χ3v) is 2.17. The zero-order chi connectivity index (χ0) is 16.1. The van der Waals surface area contributed by atoms with Crippen molar-refractivity contribution < 1.29 is 48.3 Å². The highest BCUT2D eigenvalue weighted by atomic mass is 19.4. The number of alkyl halides is 7. The van der Waals surface area contributed by atoms with E-state index in [1.165, 1.54) is 0 Å². The van der Waals surface area contributed by atoms with Gasteiger partial charge in [-0.25, -0.2) is 22.0 Å². The van der Waals surface area contributed by atoms with E-state index in [0.717, 1.165) is 0 Å². The Labute approximate surface area is 102 Å². The molecule has 0 bridgehead atoms. The standard InChI is InChI=1S/C9F11/c10-2-1-3(11)6(13)4(5(2)12)7(14,8(15,16)17)9(18,19)20. The van der Waals surface area contributed by atoms with Gasteiger partial charge in [-0.2, -0.15) is 26.3 Å². The van der Waals surface area contributed by atoms with Crippen LogP contribution < -0.4 is 0 Å². The molecule has 0 fully saturated rings. The van der Waals surface area contributed by atoms with Gasteiger partial charge in [-0.1, -0.05) is 0 Å². The van der Waals surface area contributed by atoms with Crippen molar-refractivity contribution in [2.45, 2.75) is 18.0 Å². The van der Waals surface area contributed by atoms with Crippen LogP contribution in [0.3, 0.4) is 0 Å². The summed E-state index contributed by atoms with van der Waals surface area (Å²) in [6.45, 7) is 0. The van der Waals surface area contributed by atoms with E-state index in [-0.39, 0.29) is 0 Å². The third-order valence-electron chi connectivity index (χ3n) is 2.17. The van der Waals surface area contributed by atoms with E-state index in [0.29, 0.717) is 6.07 Å². The molecule has 0 nitrogen and oxygen atoms in total. The molecule has 0 N–H and O–H groups in total. The zero-order valence-electron chi connectivity index (χ0n) is 8.66. The Morgan fingerprint density at radius 2 is 0.900 bits per heavy atom. The molecule has 1 aromatic carbocycles. The fourth-order valence-electron chi connectivity index (χ4n) is 1.27. The lowest BCUT2D eigenvalue weighted by molar-refractivity contribution is -0.350. The summed E-state index contributed by atoms with van der Waals surface area (Å²) >= 11 is 0. The minimum absolute atomic E-state index is 0.537. The lowest BCUT2D eigenvalue weighted by Gasteiger charge is -2.30. The van der Waals surface area contributed by atoms with Crippen LogP contribution in [-0.2, 0) is 5.67 Å². The van der Waals surface area contributed by atoms with E-state index in [1.54, 1.807) is 0 Å². The van der Waals surface area contributed by atoms with Crippen molar-refractivity contribution in [1.29, 1.82) is 0 Å². The molecule has 11 heteroatoms. The van der Waals surface area contributed by atoms with Crippen LogP contribution in [0.4, 0.5) is 48.3 Å². The summed E-state index contributed by atoms with van der Waals surface area (Å²) in [5, 5.41) is 0. The molecular formula is C9F11. The van der Waals surface area contributed by atoms with Crippen LogP contribution in [-0.4, -0.2) is 12.4 Å². The third kappa shape index (κ3) is 2.18. The van der Waals surface area contributed by atoms with Crippen LogP contribution >= 0.6 is 0 Å². The maximum Gasteiger partial charge on any atom is 0.436 e. The number of rotatable bonds is 1. The fourth-order valence-corrected chi connectivity index (χ4v) is 1.27. The Hall–Kier alpha value is -1.55. The second kappa shape index (κ2) is 4.48. The summed E-state index contributed by atoms with van der Waals surface area (Å²) in [6, 6.07) is 0.537. The van der Waals surface area contributed by atoms with Crippen LogP contribution in [0.2, 0.25) is 0 Å². The first kappa shape index (κ1) is 16.5.